The van der Waals surface area contributed by atoms with Crippen molar-refractivity contribution in [3.05, 3.63) is 22.2 Å². The van der Waals surface area contributed by atoms with Gasteiger partial charge in [-0.05, 0) is 18.4 Å². The smallest absolute Gasteiger partial charge is 0.362 e. The maximum atomic E-state index is 11.5. The van der Waals surface area contributed by atoms with Crippen molar-refractivity contribution in [2.24, 2.45) is 0 Å². The molecule has 0 atom stereocenters. The van der Waals surface area contributed by atoms with Gasteiger partial charge in [0.25, 0.3) is 0 Å². The molecule has 2 aromatic heterocycles. The zero-order valence-electron chi connectivity index (χ0n) is 8.90. The van der Waals surface area contributed by atoms with Crippen LogP contribution in [0.15, 0.2) is 15.9 Å². The Morgan fingerprint density at radius 3 is 3.06 bits per heavy atom. The van der Waals surface area contributed by atoms with Crippen LogP contribution >= 0.6 is 22.9 Å². The fourth-order valence-electron chi connectivity index (χ4n) is 1.22. The van der Waals surface area contributed by atoms with Gasteiger partial charge in [0.15, 0.2) is 0 Å². The van der Waals surface area contributed by atoms with Crippen LogP contribution < -0.4 is 5.73 Å². The minimum atomic E-state index is -0.604. The van der Waals surface area contributed by atoms with Gasteiger partial charge in [-0.15, -0.1) is 11.3 Å². The summed E-state index contributed by atoms with van der Waals surface area (Å²) in [4.78, 5) is 16.1. The lowest BCUT2D eigenvalue weighted by Gasteiger charge is -1.96. The first-order valence-electron chi connectivity index (χ1n) is 4.80. The lowest BCUT2D eigenvalue weighted by molar-refractivity contribution is 0.0521. The van der Waals surface area contributed by atoms with Gasteiger partial charge in [-0.3, -0.25) is 0 Å². The predicted octanol–water partition coefficient (Wildman–Crippen LogP) is 2.82. The Kier molecular flexibility index (Phi) is 3.35. The van der Waals surface area contributed by atoms with Crippen molar-refractivity contribution in [3.8, 4) is 10.8 Å². The van der Waals surface area contributed by atoms with Crippen molar-refractivity contribution in [1.82, 2.24) is 4.98 Å². The number of nitrogen functional groups attached to an aromatic ring is 1. The molecule has 0 aliphatic carbocycles. The first-order valence-corrected chi connectivity index (χ1v) is 6.06. The van der Waals surface area contributed by atoms with Gasteiger partial charge in [0.1, 0.15) is 4.88 Å². The molecule has 0 bridgehead atoms. The summed E-state index contributed by atoms with van der Waals surface area (Å²) in [5.74, 6) is -0.443. The molecule has 0 spiro atoms. The minimum Gasteiger partial charge on any atom is -0.461 e. The monoisotopic (exact) mass is 272 g/mol. The molecule has 0 radical (unpaired) electrons. The van der Waals surface area contributed by atoms with Crippen LogP contribution in [-0.4, -0.2) is 17.6 Å². The zero-order valence-corrected chi connectivity index (χ0v) is 10.5. The molecular formula is C10H9ClN2O3S. The van der Waals surface area contributed by atoms with E-state index in [1.54, 1.807) is 18.4 Å². The van der Waals surface area contributed by atoms with Crippen molar-refractivity contribution < 1.29 is 13.9 Å². The molecule has 90 valence electrons. The van der Waals surface area contributed by atoms with E-state index >= 15 is 0 Å². The summed E-state index contributed by atoms with van der Waals surface area (Å²) >= 11 is 7.28. The highest BCUT2D eigenvalue weighted by atomic mass is 35.5. The zero-order chi connectivity index (χ0) is 12.4. The van der Waals surface area contributed by atoms with E-state index in [9.17, 15) is 4.79 Å². The van der Waals surface area contributed by atoms with E-state index in [-0.39, 0.29) is 24.1 Å². The molecule has 17 heavy (non-hydrogen) atoms. The Hall–Kier alpha value is -1.53. The maximum Gasteiger partial charge on any atom is 0.362 e. The van der Waals surface area contributed by atoms with E-state index in [1.165, 1.54) is 11.3 Å². The first-order chi connectivity index (χ1) is 8.13. The van der Waals surface area contributed by atoms with Crippen molar-refractivity contribution in [1.29, 1.82) is 0 Å². The first kappa shape index (κ1) is 11.9. The molecule has 0 saturated heterocycles. The van der Waals surface area contributed by atoms with Gasteiger partial charge in [-0.1, -0.05) is 11.6 Å². The number of carbonyl (C=O) groups excluding carboxylic acids is 1. The number of rotatable bonds is 3. The van der Waals surface area contributed by atoms with Gasteiger partial charge in [0.05, 0.1) is 11.6 Å². The molecule has 0 aliphatic heterocycles. The number of aromatic nitrogens is 1. The van der Waals surface area contributed by atoms with Crippen molar-refractivity contribution in [3.63, 3.8) is 0 Å². The lowest BCUT2D eigenvalue weighted by Crippen LogP contribution is -2.07. The van der Waals surface area contributed by atoms with Gasteiger partial charge in [0, 0.05) is 0 Å². The maximum absolute atomic E-state index is 11.5. The van der Waals surface area contributed by atoms with Crippen LogP contribution in [0.2, 0.25) is 5.02 Å². The Balaban J connectivity index is 2.37. The summed E-state index contributed by atoms with van der Waals surface area (Å²) in [6.45, 7) is 1.95. The number of ether oxygens (including phenoxy) is 1. The number of oxazole rings is 1. The normalized spacial score (nSPS) is 10.5. The van der Waals surface area contributed by atoms with Crippen LogP contribution in [0.25, 0.3) is 10.8 Å². The van der Waals surface area contributed by atoms with Crippen LogP contribution in [0.3, 0.4) is 0 Å². The summed E-state index contributed by atoms with van der Waals surface area (Å²) in [6.07, 6.45) is 0. The van der Waals surface area contributed by atoms with Crippen LogP contribution in [-0.2, 0) is 4.74 Å². The number of nitrogens with two attached hydrogens (primary N) is 1. The fourth-order valence-corrected chi connectivity index (χ4v) is 2.28. The molecule has 2 N–H and O–H groups in total. The Bertz CT molecular complexity index is 549. The van der Waals surface area contributed by atoms with Crippen LogP contribution in [0, 0.1) is 0 Å². The van der Waals surface area contributed by atoms with Crippen LogP contribution in [0.4, 0.5) is 5.88 Å². The molecule has 0 fully saturated rings. The van der Waals surface area contributed by atoms with E-state index < -0.39 is 5.97 Å². The van der Waals surface area contributed by atoms with Gasteiger partial charge in [0.2, 0.25) is 17.5 Å². The molecule has 0 saturated carbocycles. The molecular weight excluding hydrogens is 264 g/mol. The number of hydrogen-bond donors (Lipinski definition) is 1. The van der Waals surface area contributed by atoms with E-state index in [1.807, 2.05) is 0 Å². The highest BCUT2D eigenvalue weighted by molar-refractivity contribution is 7.14. The lowest BCUT2D eigenvalue weighted by atomic mass is 10.4. The Morgan fingerprint density at radius 1 is 1.71 bits per heavy atom. The average molecular weight is 273 g/mol. The minimum absolute atomic E-state index is 0.0219. The standard InChI is InChI=1S/C10H9ClN2O3S/c1-2-15-10(14)6-8(12)16-9(13-6)7-5(11)3-4-17-7/h3-4H,2,12H2,1H3. The van der Waals surface area contributed by atoms with Crippen molar-refractivity contribution >= 4 is 34.8 Å². The SMILES string of the molecule is CCOC(=O)c1nc(-c2sccc2Cl)oc1N. The summed E-state index contributed by atoms with van der Waals surface area (Å²) in [7, 11) is 0. The quantitative estimate of drug-likeness (QED) is 0.869. The van der Waals surface area contributed by atoms with E-state index in [2.05, 4.69) is 4.98 Å². The molecule has 0 aromatic carbocycles. The number of nitrogens with zero attached hydrogens (tertiary/aromatic N) is 1. The third-order valence-electron chi connectivity index (χ3n) is 1.93. The van der Waals surface area contributed by atoms with Gasteiger partial charge in [-0.25, -0.2) is 4.79 Å². The molecule has 2 heterocycles. The third kappa shape index (κ3) is 2.27. The van der Waals surface area contributed by atoms with E-state index in [0.29, 0.717) is 9.90 Å². The van der Waals surface area contributed by atoms with Gasteiger partial charge >= 0.3 is 5.97 Å². The Labute approximate surface area is 106 Å². The summed E-state index contributed by atoms with van der Waals surface area (Å²) in [5.41, 5.74) is 5.54. The topological polar surface area (TPSA) is 78.3 Å². The Morgan fingerprint density at radius 2 is 2.47 bits per heavy atom. The summed E-state index contributed by atoms with van der Waals surface area (Å²) in [6, 6.07) is 1.71. The number of thiophene rings is 1. The van der Waals surface area contributed by atoms with Crippen molar-refractivity contribution in [2.75, 3.05) is 12.3 Å². The molecule has 2 rings (SSSR count). The third-order valence-corrected chi connectivity index (χ3v) is 3.26. The molecule has 5 nitrogen and oxygen atoms in total. The fraction of sp³-hybridized carbons (Fsp3) is 0.200. The molecule has 2 aromatic rings. The van der Waals surface area contributed by atoms with Crippen molar-refractivity contribution in [2.45, 2.75) is 6.92 Å². The highest BCUT2D eigenvalue weighted by Crippen LogP contribution is 2.34. The summed E-state index contributed by atoms with van der Waals surface area (Å²) in [5, 5.41) is 2.30. The van der Waals surface area contributed by atoms with Crippen LogP contribution in [0.1, 0.15) is 17.4 Å². The number of halogens is 1. The molecule has 0 aliphatic rings. The van der Waals surface area contributed by atoms with Crippen LogP contribution in [0.5, 0.6) is 0 Å². The van der Waals surface area contributed by atoms with E-state index in [0.717, 1.165) is 0 Å². The number of anilines is 1. The molecule has 0 amide bonds. The second kappa shape index (κ2) is 4.77. The largest absolute Gasteiger partial charge is 0.461 e. The van der Waals surface area contributed by atoms with E-state index in [4.69, 9.17) is 26.5 Å². The second-order valence-corrected chi connectivity index (χ2v) is 4.37. The highest BCUT2D eigenvalue weighted by Gasteiger charge is 2.21. The molecule has 0 unspecified atom stereocenters. The summed E-state index contributed by atoms with van der Waals surface area (Å²) < 4.78 is 10.00. The average Bonchev–Trinajstić information content (AvgIpc) is 2.84. The molecule has 7 heteroatoms. The van der Waals surface area contributed by atoms with Gasteiger partial charge in [-0.2, -0.15) is 4.98 Å². The predicted molar refractivity (Wildman–Crippen MR) is 65.2 cm³/mol. The van der Waals surface area contributed by atoms with Gasteiger partial charge < -0.3 is 14.9 Å². The second-order valence-electron chi connectivity index (χ2n) is 3.05. The number of hydrogen-bond acceptors (Lipinski definition) is 6. The number of esters is 1. The number of carbonyl (C=O) groups is 1.